The number of hydrogen-bond acceptors (Lipinski definition) is 3. The molecule has 0 radical (unpaired) electrons. The molecule has 2 amide bonds. The Bertz CT molecular complexity index is 990. The summed E-state index contributed by atoms with van der Waals surface area (Å²) < 4.78 is 19.1. The minimum atomic E-state index is -0.798. The number of carboxylic acid groups (broad SMARTS) is 1. The van der Waals surface area contributed by atoms with E-state index in [1.54, 1.807) is 4.90 Å². The van der Waals surface area contributed by atoms with E-state index in [0.29, 0.717) is 25.7 Å². The van der Waals surface area contributed by atoms with Gasteiger partial charge in [-0.2, -0.15) is 0 Å². The van der Waals surface area contributed by atoms with Crippen LogP contribution in [0.1, 0.15) is 51.0 Å². The topological polar surface area (TPSA) is 78.9 Å². The van der Waals surface area contributed by atoms with E-state index in [4.69, 9.17) is 16.3 Å². The number of halogens is 2. The van der Waals surface area contributed by atoms with Gasteiger partial charge in [-0.1, -0.05) is 43.6 Å². The van der Waals surface area contributed by atoms with E-state index in [9.17, 15) is 19.1 Å². The number of carbonyl (C=O) groups excluding carboxylic acids is 1. The summed E-state index contributed by atoms with van der Waals surface area (Å²) in [6, 6.07) is 9.55. The molecule has 0 aliphatic heterocycles. The van der Waals surface area contributed by atoms with Crippen LogP contribution in [0.2, 0.25) is 5.02 Å². The minimum absolute atomic E-state index is 0.128. The summed E-state index contributed by atoms with van der Waals surface area (Å²) in [7, 11) is 1.39. The van der Waals surface area contributed by atoms with Gasteiger partial charge in [0, 0.05) is 17.8 Å². The van der Waals surface area contributed by atoms with E-state index in [2.05, 4.69) is 19.2 Å². The average molecular weight is 463 g/mol. The smallest absolute Gasteiger partial charge is 0.326 e. The number of urea groups is 1. The van der Waals surface area contributed by atoms with Gasteiger partial charge in [0.2, 0.25) is 0 Å². The highest BCUT2D eigenvalue weighted by Gasteiger charge is 2.34. The highest BCUT2D eigenvalue weighted by Crippen LogP contribution is 2.36. The summed E-state index contributed by atoms with van der Waals surface area (Å²) in [6.45, 7) is 4.11. The minimum Gasteiger partial charge on any atom is -0.494 e. The Hall–Kier alpha value is -2.80. The van der Waals surface area contributed by atoms with Gasteiger partial charge < -0.3 is 15.2 Å². The molecule has 172 valence electrons. The van der Waals surface area contributed by atoms with Crippen molar-refractivity contribution in [1.29, 1.82) is 0 Å². The van der Waals surface area contributed by atoms with Crippen molar-refractivity contribution in [3.05, 3.63) is 52.8 Å². The molecule has 8 heteroatoms. The first-order valence-electron chi connectivity index (χ1n) is 10.7. The maximum absolute atomic E-state index is 13.9. The van der Waals surface area contributed by atoms with E-state index in [-0.39, 0.29) is 28.4 Å². The number of carbonyl (C=O) groups is 2. The van der Waals surface area contributed by atoms with Crippen molar-refractivity contribution in [2.45, 2.75) is 51.5 Å². The van der Waals surface area contributed by atoms with Crippen LogP contribution in [-0.4, -0.2) is 30.3 Å². The number of aliphatic carboxylic acids is 1. The molecule has 1 aliphatic rings. The van der Waals surface area contributed by atoms with Gasteiger partial charge in [0.15, 0.2) is 0 Å². The Morgan fingerprint density at radius 2 is 1.84 bits per heavy atom. The van der Waals surface area contributed by atoms with Crippen molar-refractivity contribution in [3.63, 3.8) is 0 Å². The third-order valence-electron chi connectivity index (χ3n) is 5.93. The Morgan fingerprint density at radius 1 is 1.19 bits per heavy atom. The Labute approximate surface area is 192 Å². The molecule has 1 fully saturated rings. The van der Waals surface area contributed by atoms with E-state index < -0.39 is 23.7 Å². The van der Waals surface area contributed by atoms with Crippen LogP contribution in [0.5, 0.6) is 5.75 Å². The number of carboxylic acids is 1. The van der Waals surface area contributed by atoms with Gasteiger partial charge in [-0.3, -0.25) is 9.69 Å². The number of ether oxygens (including phenoxy) is 1. The second-order valence-electron chi connectivity index (χ2n) is 8.32. The van der Waals surface area contributed by atoms with Gasteiger partial charge in [-0.15, -0.1) is 0 Å². The molecule has 0 unspecified atom stereocenters. The lowest BCUT2D eigenvalue weighted by Crippen LogP contribution is -2.46. The number of hydrogen-bond donors (Lipinski definition) is 2. The lowest BCUT2D eigenvalue weighted by molar-refractivity contribution is -0.142. The first-order chi connectivity index (χ1) is 15.2. The Morgan fingerprint density at radius 3 is 2.44 bits per heavy atom. The molecule has 3 rings (SSSR count). The van der Waals surface area contributed by atoms with Crippen molar-refractivity contribution in [2.75, 3.05) is 17.3 Å². The van der Waals surface area contributed by atoms with Gasteiger partial charge in [-0.05, 0) is 49.3 Å². The summed E-state index contributed by atoms with van der Waals surface area (Å²) in [4.78, 5) is 26.7. The fourth-order valence-electron chi connectivity index (χ4n) is 4.22. The highest BCUT2D eigenvalue weighted by atomic mass is 35.5. The summed E-state index contributed by atoms with van der Waals surface area (Å²) in [5.74, 6) is -1.51. The van der Waals surface area contributed by atoms with E-state index in [0.717, 1.165) is 17.3 Å². The summed E-state index contributed by atoms with van der Waals surface area (Å²) in [5, 5.41) is 12.0. The van der Waals surface area contributed by atoms with Crippen molar-refractivity contribution >= 4 is 35.0 Å². The monoisotopic (exact) mass is 462 g/mol. The Kier molecular flexibility index (Phi) is 7.61. The van der Waals surface area contributed by atoms with Crippen LogP contribution in [-0.2, 0) is 4.79 Å². The van der Waals surface area contributed by atoms with Gasteiger partial charge in [-0.25, -0.2) is 9.18 Å². The molecular weight excluding hydrogens is 435 g/mol. The SMILES string of the molecule is COc1cc(F)c(Cl)cc1NC(=O)N(c1ccccc1C(C)C)C1CCC(C(=O)O)CC1. The third-order valence-corrected chi connectivity index (χ3v) is 6.22. The molecular formula is C24H28ClFN2O4. The van der Waals surface area contributed by atoms with E-state index in [1.165, 1.54) is 13.2 Å². The van der Waals surface area contributed by atoms with Crippen LogP contribution >= 0.6 is 11.6 Å². The lowest BCUT2D eigenvalue weighted by Gasteiger charge is -2.37. The second-order valence-corrected chi connectivity index (χ2v) is 8.73. The van der Waals surface area contributed by atoms with Gasteiger partial charge in [0.05, 0.1) is 23.7 Å². The number of nitrogens with zero attached hydrogens (tertiary/aromatic N) is 1. The van der Waals surface area contributed by atoms with Crippen LogP contribution in [0.3, 0.4) is 0 Å². The number of benzene rings is 2. The molecule has 0 heterocycles. The van der Waals surface area contributed by atoms with Crippen molar-refractivity contribution in [1.82, 2.24) is 0 Å². The molecule has 0 aromatic heterocycles. The quantitative estimate of drug-likeness (QED) is 0.528. The van der Waals surface area contributed by atoms with Crippen LogP contribution < -0.4 is 15.0 Å². The van der Waals surface area contributed by atoms with Crippen molar-refractivity contribution in [3.8, 4) is 5.75 Å². The number of methoxy groups -OCH3 is 1. The zero-order valence-corrected chi connectivity index (χ0v) is 19.2. The molecule has 0 bridgehead atoms. The molecule has 1 saturated carbocycles. The molecule has 0 spiro atoms. The number of rotatable bonds is 6. The fourth-order valence-corrected chi connectivity index (χ4v) is 4.38. The van der Waals surface area contributed by atoms with Crippen molar-refractivity contribution < 1.29 is 23.8 Å². The zero-order valence-electron chi connectivity index (χ0n) is 18.4. The third kappa shape index (κ3) is 5.15. The number of nitrogens with one attached hydrogen (secondary N) is 1. The first kappa shape index (κ1) is 23.9. The molecule has 2 aromatic carbocycles. The van der Waals surface area contributed by atoms with Crippen LogP contribution in [0.15, 0.2) is 36.4 Å². The number of amides is 2. The molecule has 0 atom stereocenters. The van der Waals surface area contributed by atoms with Gasteiger partial charge in [0.1, 0.15) is 11.6 Å². The molecule has 0 saturated heterocycles. The molecule has 2 N–H and O–H groups in total. The first-order valence-corrected chi connectivity index (χ1v) is 11.1. The van der Waals surface area contributed by atoms with Crippen molar-refractivity contribution in [2.24, 2.45) is 5.92 Å². The molecule has 32 heavy (non-hydrogen) atoms. The second kappa shape index (κ2) is 10.2. The number of para-hydroxylation sites is 1. The molecule has 2 aromatic rings. The van der Waals surface area contributed by atoms with E-state index in [1.807, 2.05) is 24.3 Å². The highest BCUT2D eigenvalue weighted by molar-refractivity contribution is 6.31. The molecule has 6 nitrogen and oxygen atoms in total. The zero-order chi connectivity index (χ0) is 23.4. The number of anilines is 2. The summed E-state index contributed by atoms with van der Waals surface area (Å²) in [6.07, 6.45) is 2.13. The average Bonchev–Trinajstić information content (AvgIpc) is 2.77. The lowest BCUT2D eigenvalue weighted by atomic mass is 9.85. The molecule has 1 aliphatic carbocycles. The predicted molar refractivity (Wildman–Crippen MR) is 123 cm³/mol. The summed E-state index contributed by atoms with van der Waals surface area (Å²) >= 11 is 5.93. The van der Waals surface area contributed by atoms with Crippen LogP contribution in [0.4, 0.5) is 20.6 Å². The maximum Gasteiger partial charge on any atom is 0.326 e. The van der Waals surface area contributed by atoms with Gasteiger partial charge >= 0.3 is 12.0 Å². The fraction of sp³-hybridized carbons (Fsp3) is 0.417. The largest absolute Gasteiger partial charge is 0.494 e. The van der Waals surface area contributed by atoms with E-state index >= 15 is 0 Å². The Balaban J connectivity index is 1.97. The maximum atomic E-state index is 13.9. The van der Waals surface area contributed by atoms with Crippen LogP contribution in [0.25, 0.3) is 0 Å². The normalized spacial score (nSPS) is 18.3. The van der Waals surface area contributed by atoms with Crippen LogP contribution in [0, 0.1) is 11.7 Å². The summed E-state index contributed by atoms with van der Waals surface area (Å²) in [5.41, 5.74) is 2.04. The van der Waals surface area contributed by atoms with Gasteiger partial charge in [0.25, 0.3) is 0 Å². The standard InChI is InChI=1S/C24H28ClFN2O4/c1-14(2)17-6-4-5-7-21(17)28(16-10-8-15(9-11-16)23(29)30)24(31)27-20-12-18(25)19(26)13-22(20)32-3/h4-7,12-16H,8-11H2,1-3H3,(H,27,31)(H,29,30). The predicted octanol–water partition coefficient (Wildman–Crippen LogP) is 6.29.